The number of nitrogens with zero attached hydrogens (tertiary/aromatic N) is 8. The smallest absolute Gasteiger partial charge is 0.237 e. The van der Waals surface area contributed by atoms with Crippen molar-refractivity contribution in [3.05, 3.63) is 95.0 Å². The number of pyridine rings is 4. The molecule has 3 fully saturated rings. The number of nitrogens with two attached hydrogens (primary N) is 1. The van der Waals surface area contributed by atoms with E-state index in [1.807, 2.05) is 36.4 Å². The van der Waals surface area contributed by atoms with E-state index in [0.29, 0.717) is 59.2 Å². The summed E-state index contributed by atoms with van der Waals surface area (Å²) in [5, 5.41) is 22.7. The molecule has 0 aromatic carbocycles. The monoisotopic (exact) mass is 1580 g/mol. The summed E-state index contributed by atoms with van der Waals surface area (Å²) >= 11 is 12.4. The van der Waals surface area contributed by atoms with Crippen LogP contribution in [0.4, 0.5) is 23.5 Å². The molecule has 1 aliphatic heterocycles. The number of carbonyl (C=O) groups excluding carboxylic acids is 1. The number of halogens is 2. The van der Waals surface area contributed by atoms with Crippen molar-refractivity contribution in [1.82, 2.24) is 50.5 Å². The highest BCUT2D eigenvalue weighted by Gasteiger charge is 2.25. The van der Waals surface area contributed by atoms with Gasteiger partial charge in [0.15, 0.2) is 10.3 Å². The van der Waals surface area contributed by atoms with Gasteiger partial charge in [0.2, 0.25) is 17.8 Å². The molecule has 558 valence electrons. The van der Waals surface area contributed by atoms with Gasteiger partial charge in [0.25, 0.3) is 0 Å². The Bertz CT molecular complexity index is 6650. The fourth-order valence-corrected chi connectivity index (χ4v) is 10.1. The van der Waals surface area contributed by atoms with E-state index >= 15 is 0 Å². The number of carbonyl (C=O) groups is 1. The van der Waals surface area contributed by atoms with E-state index in [9.17, 15) is 4.79 Å². The Balaban J connectivity index is 0.000000267. The summed E-state index contributed by atoms with van der Waals surface area (Å²) in [6.45, 7) is 3.57. The van der Waals surface area contributed by atoms with E-state index in [2.05, 4.69) is 403 Å². The van der Waals surface area contributed by atoms with Crippen LogP contribution in [0.25, 0.3) is 21.8 Å². The fourth-order valence-electron chi connectivity index (χ4n) is 9.71. The summed E-state index contributed by atoms with van der Waals surface area (Å²) in [4.78, 5) is 46.8. The Morgan fingerprint density at radius 3 is 0.883 bits per heavy atom. The highest BCUT2D eigenvalue weighted by molar-refractivity contribution is 6.34. The third kappa shape index (κ3) is 39.0. The maximum Gasteiger partial charge on any atom is 0.237 e. The Hall–Kier alpha value is -18.3. The first-order chi connectivity index (χ1) is 59.3. The van der Waals surface area contributed by atoms with Gasteiger partial charge in [-0.3, -0.25) is 4.79 Å². The molecule has 1 amide bonds. The molecule has 0 radical (unpaired) electrons. The van der Waals surface area contributed by atoms with Gasteiger partial charge in [0, 0.05) is 334 Å². The molecule has 9 rings (SSSR count). The summed E-state index contributed by atoms with van der Waals surface area (Å²) in [5.41, 5.74) is 8.88. The lowest BCUT2D eigenvalue weighted by molar-refractivity contribution is -0.124. The molecule has 0 spiro atoms. The quantitative estimate of drug-likeness (QED) is 0.0428. The number of amides is 1. The topological polar surface area (TPSA) is 218 Å². The molecule has 120 heavy (non-hydrogen) atoms. The van der Waals surface area contributed by atoms with Crippen LogP contribution in [0.15, 0.2) is 73.6 Å². The van der Waals surface area contributed by atoms with Gasteiger partial charge in [-0.1, -0.05) is 23.2 Å². The molecular weight excluding hydrogens is 1520 g/mol. The zero-order valence-corrected chi connectivity index (χ0v) is 65.2. The van der Waals surface area contributed by atoms with Crippen molar-refractivity contribution in [3.8, 4) is 344 Å². The lowest BCUT2D eigenvalue weighted by atomic mass is 9.86. The number of hydrogen-bond acceptors (Lipinski definition) is 15. The second-order valence-corrected chi connectivity index (χ2v) is 24.0. The third-order valence-electron chi connectivity index (χ3n) is 15.3. The number of nitrogens with one attached hydrogen (secondary N) is 6. The SMILES string of the molecule is C#CC#CC#CC#CC#CC#CC#CC#CC#CC#CC#CC#CC#CC#CC#CC#CC#CC#CC#CC#CC#CC#CC#CC#CC#CC#CC#CC#CC#C.NCc1cnc(NCC2CCC(Nc3ccc4ccnc(Cl)c4n3)CC2)nc1.O=C(NCc1cnc(NCC2CCC(Nc3ccc4ccnc(Cl)c4n3)CC2)nc1)C1CCN1. The van der Waals surface area contributed by atoms with Crippen LogP contribution in [0.2, 0.25) is 10.3 Å². The summed E-state index contributed by atoms with van der Waals surface area (Å²) < 4.78 is 0. The molecule has 7 heterocycles. The molecule has 6 aromatic rings. The second-order valence-electron chi connectivity index (χ2n) is 23.3. The van der Waals surface area contributed by atoms with E-state index in [1.165, 1.54) is 0 Å². The number of fused-ring (bicyclic) bond motifs is 2. The number of terminal acetylenes is 2. The van der Waals surface area contributed by atoms with Crippen molar-refractivity contribution in [1.29, 1.82) is 0 Å². The fraction of sp³-hybridized carbons (Fsp3) is 0.186. The first kappa shape index (κ1) is 88.9. The third-order valence-corrected chi connectivity index (χ3v) is 15.9. The summed E-state index contributed by atoms with van der Waals surface area (Å²) in [6.07, 6.45) is 30.2. The Labute approximate surface area is 712 Å². The van der Waals surface area contributed by atoms with Gasteiger partial charge >= 0.3 is 0 Å². The minimum Gasteiger partial charge on any atom is -0.367 e. The van der Waals surface area contributed by atoms with Crippen LogP contribution in [0.1, 0.15) is 68.9 Å². The van der Waals surface area contributed by atoms with Gasteiger partial charge in [0.1, 0.15) is 22.7 Å². The molecule has 1 atom stereocenters. The first-order valence-electron chi connectivity index (χ1n) is 35.8. The number of aromatic nitrogens is 8. The Kier molecular flexibility index (Phi) is 42.7. The van der Waals surface area contributed by atoms with Gasteiger partial charge in [-0.05, 0) is 207 Å². The lowest BCUT2D eigenvalue weighted by Gasteiger charge is -2.29. The standard InChI is InChI=1S/C58H2.C24H29ClN8O.C20H24ClN7/c1-3-5-7-9-11-13-15-17-19-21-23-25-27-29-31-33-35-37-39-41-43-45-47-49-51-53-55-57-58-56-54-52-50-48-46-44-42-40-38-36-34-32-30-28-26-24-22-20-18-16-14-12-10-8-6-4-2;25-22-21-17(7-9-27-22)3-6-20(33-21)32-18-4-1-15(2-5-18)11-29-24-30-13-16(14-31-24)12-28-23(34)19-8-10-26-19;21-19-18-15(7-8-23-19)3-6-17(28-18)27-16-4-1-13(2-5-16)10-24-20-25-11-14(9-22)12-26-20/h1-2H;3,6-7,9,13-15,18-19,26H,1-2,4-5,8,10-12H2,(H,28,34)(H,32,33)(H,29,30,31);3,6-8,11-13,16H,1-2,4-5,9-10,22H2,(H,27,28)(H,24,25,26). The van der Waals surface area contributed by atoms with Crippen molar-refractivity contribution in [2.45, 2.75) is 89.0 Å². The van der Waals surface area contributed by atoms with Crippen LogP contribution in [0.3, 0.4) is 0 Å². The van der Waals surface area contributed by atoms with Crippen LogP contribution in [-0.4, -0.2) is 83.5 Å². The van der Waals surface area contributed by atoms with Crippen LogP contribution < -0.4 is 37.6 Å². The Morgan fingerprint density at radius 2 is 0.633 bits per heavy atom. The molecule has 1 unspecified atom stereocenters. The molecule has 18 heteroatoms. The molecule has 6 aromatic heterocycles. The first-order valence-corrected chi connectivity index (χ1v) is 36.6. The molecule has 3 aliphatic rings. The van der Waals surface area contributed by atoms with Gasteiger partial charge < -0.3 is 37.6 Å². The van der Waals surface area contributed by atoms with E-state index in [4.69, 9.17) is 41.8 Å². The molecule has 0 bridgehead atoms. The van der Waals surface area contributed by atoms with Crippen LogP contribution >= 0.6 is 23.2 Å². The van der Waals surface area contributed by atoms with Crippen molar-refractivity contribution in [2.75, 3.05) is 40.9 Å². The average Bonchev–Trinajstić information content (AvgIpc) is 0.822. The molecule has 1 saturated heterocycles. The Morgan fingerprint density at radius 1 is 0.367 bits per heavy atom. The van der Waals surface area contributed by atoms with Crippen LogP contribution in [-0.2, 0) is 17.9 Å². The van der Waals surface area contributed by atoms with Gasteiger partial charge in [0.05, 0.1) is 6.04 Å². The predicted octanol–water partition coefficient (Wildman–Crippen LogP) is 7.09. The second kappa shape index (κ2) is 57.7. The van der Waals surface area contributed by atoms with Crippen LogP contribution in [0, 0.1) is 356 Å². The summed E-state index contributed by atoms with van der Waals surface area (Å²) in [6, 6.07) is 12.7. The van der Waals surface area contributed by atoms with E-state index in [-0.39, 0.29) is 11.9 Å². The molecular formula is C102H55Cl2N15O. The number of anilines is 4. The van der Waals surface area contributed by atoms with Crippen molar-refractivity contribution in [3.63, 3.8) is 0 Å². The van der Waals surface area contributed by atoms with E-state index < -0.39 is 0 Å². The van der Waals surface area contributed by atoms with E-state index in [1.54, 1.807) is 37.2 Å². The van der Waals surface area contributed by atoms with Crippen molar-refractivity contribution >= 4 is 74.4 Å². The molecule has 2 aliphatic carbocycles. The zero-order valence-electron chi connectivity index (χ0n) is 63.7. The summed E-state index contributed by atoms with van der Waals surface area (Å²) in [7, 11) is 0. The normalized spacial score (nSPS) is 12.7. The largest absolute Gasteiger partial charge is 0.367 e. The highest BCUT2D eigenvalue weighted by atomic mass is 35.5. The minimum absolute atomic E-state index is 0.0377. The maximum absolute atomic E-state index is 11.9. The summed E-state index contributed by atoms with van der Waals surface area (Å²) in [5.74, 6) is 142. The number of hydrogen-bond donors (Lipinski definition) is 7. The minimum atomic E-state index is -0.0493. The zero-order chi connectivity index (χ0) is 84.3. The predicted molar refractivity (Wildman–Crippen MR) is 473 cm³/mol. The maximum atomic E-state index is 11.9. The van der Waals surface area contributed by atoms with Crippen molar-refractivity contribution < 1.29 is 4.79 Å². The molecule has 8 N–H and O–H groups in total. The molecule has 2 saturated carbocycles. The highest BCUT2D eigenvalue weighted by Crippen LogP contribution is 2.30. The van der Waals surface area contributed by atoms with Crippen LogP contribution in [0.5, 0.6) is 0 Å². The van der Waals surface area contributed by atoms with E-state index in [0.717, 1.165) is 122 Å². The number of rotatable bonds is 14. The lowest BCUT2D eigenvalue weighted by Crippen LogP contribution is -2.52. The van der Waals surface area contributed by atoms with Gasteiger partial charge in [-0.2, -0.15) is 0 Å². The van der Waals surface area contributed by atoms with Gasteiger partial charge in [-0.25, -0.2) is 39.9 Å². The van der Waals surface area contributed by atoms with Crippen molar-refractivity contribution in [2.24, 2.45) is 17.6 Å². The van der Waals surface area contributed by atoms with Gasteiger partial charge in [-0.15, -0.1) is 12.8 Å². The molecule has 16 nitrogen and oxygen atoms in total. The average molecular weight is 1580 g/mol.